The fourth-order valence-corrected chi connectivity index (χ4v) is 8.79. The first-order valence-electron chi connectivity index (χ1n) is 16.6. The second-order valence-electron chi connectivity index (χ2n) is 14.7. The lowest BCUT2D eigenvalue weighted by molar-refractivity contribution is 0.00578. The zero-order chi connectivity index (χ0) is 36.6. The first-order valence-corrected chi connectivity index (χ1v) is 22.6. The number of nitrogen functional groups attached to an aromatic ring is 2. The van der Waals surface area contributed by atoms with E-state index >= 15 is 0 Å². The molecule has 52 heavy (non-hydrogen) atoms. The van der Waals surface area contributed by atoms with Crippen molar-refractivity contribution in [2.24, 2.45) is 0 Å². The molecule has 0 aliphatic carbocycles. The van der Waals surface area contributed by atoms with Crippen LogP contribution >= 0.6 is 30.2 Å². The van der Waals surface area contributed by atoms with E-state index in [4.69, 9.17) is 30.2 Å². The van der Waals surface area contributed by atoms with Gasteiger partial charge in [-0.05, 0) is 124 Å². The van der Waals surface area contributed by atoms with Crippen LogP contribution in [0.4, 0.5) is 11.4 Å². The van der Waals surface area contributed by atoms with Gasteiger partial charge in [-0.1, -0.05) is 73.2 Å². The summed E-state index contributed by atoms with van der Waals surface area (Å²) >= 11 is 3.47. The van der Waals surface area contributed by atoms with Gasteiger partial charge >= 0.3 is 7.12 Å². The highest BCUT2D eigenvalue weighted by Crippen LogP contribution is 2.40. The van der Waals surface area contributed by atoms with Gasteiger partial charge in [0.25, 0.3) is 0 Å². The van der Waals surface area contributed by atoms with Crippen LogP contribution in [0.2, 0.25) is 0 Å². The molecule has 0 amide bonds. The molecule has 4 N–H and O–H groups in total. The van der Waals surface area contributed by atoms with Crippen LogP contribution in [0.15, 0.2) is 77.3 Å². The van der Waals surface area contributed by atoms with Gasteiger partial charge in [0.15, 0.2) is 0 Å². The number of ether oxygens (including phenoxy) is 2. The maximum Gasteiger partial charge on any atom is 0.494 e. The Morgan fingerprint density at radius 2 is 1.13 bits per heavy atom. The van der Waals surface area contributed by atoms with E-state index in [2.05, 4.69) is 34.1 Å². The fraction of sp³-hybridized carbons (Fsp3) is 0.400. The topological polar surface area (TPSA) is 123 Å². The third-order valence-electron chi connectivity index (χ3n) is 9.58. The molecule has 7 rings (SSSR count). The normalized spacial score (nSPS) is 16.6. The highest BCUT2D eigenvalue weighted by atomic mass is 79.9. The van der Waals surface area contributed by atoms with Crippen molar-refractivity contribution in [2.75, 3.05) is 38.1 Å². The Morgan fingerprint density at radius 3 is 1.67 bits per heavy atom. The van der Waals surface area contributed by atoms with E-state index in [1.54, 1.807) is 32.7 Å². The molecule has 0 aromatic heterocycles. The number of hydrogen-bond acceptors (Lipinski definition) is 8. The number of benzene rings is 4. The maximum atomic E-state index is 12.3. The molecule has 0 unspecified atom stereocenters. The number of nitrogens with two attached hydrogens (primary N) is 2. The molecule has 3 heterocycles. The molecule has 4 aromatic carbocycles. The van der Waals surface area contributed by atoms with Crippen LogP contribution in [-0.4, -0.2) is 45.0 Å². The average Bonchev–Trinajstić information content (AvgIpc) is 3.75. The summed E-state index contributed by atoms with van der Waals surface area (Å²) in [6.45, 7) is 17.8. The van der Waals surface area contributed by atoms with Gasteiger partial charge in [-0.2, -0.15) is 0 Å². The summed E-state index contributed by atoms with van der Waals surface area (Å²) in [5.74, 6) is 0. The minimum Gasteiger partial charge on any atom is -0.399 e. The zero-order valence-electron chi connectivity index (χ0n) is 30.2. The molecular formula is C40H56BBrN2O6P2. The molecule has 0 spiro atoms. The summed E-state index contributed by atoms with van der Waals surface area (Å²) in [7, 11) is -5.26. The third kappa shape index (κ3) is 9.70. The van der Waals surface area contributed by atoms with Gasteiger partial charge in [0.1, 0.15) is 14.3 Å². The molecule has 1 fully saturated rings. The van der Waals surface area contributed by atoms with Crippen LogP contribution in [0.5, 0.6) is 0 Å². The Labute approximate surface area is 320 Å². The van der Waals surface area contributed by atoms with E-state index in [-0.39, 0.29) is 26.1 Å². The lowest BCUT2D eigenvalue weighted by atomic mass is 9.79. The summed E-state index contributed by atoms with van der Waals surface area (Å²) in [6.07, 6.45) is 0. The Kier molecular flexibility index (Phi) is 14.1. The van der Waals surface area contributed by atoms with Gasteiger partial charge in [0, 0.05) is 26.5 Å². The van der Waals surface area contributed by atoms with E-state index in [0.29, 0.717) is 29.9 Å². The molecule has 12 heteroatoms. The van der Waals surface area contributed by atoms with Gasteiger partial charge in [-0.25, -0.2) is 0 Å². The predicted octanol–water partition coefficient (Wildman–Crippen LogP) is 8.78. The zero-order valence-corrected chi connectivity index (χ0v) is 33.6. The van der Waals surface area contributed by atoms with Crippen LogP contribution in [0.1, 0.15) is 64.8 Å². The van der Waals surface area contributed by atoms with Gasteiger partial charge in [0.2, 0.25) is 0 Å². The van der Waals surface area contributed by atoms with Gasteiger partial charge in [-0.15, -0.1) is 0 Å². The van der Waals surface area contributed by atoms with E-state index < -0.39 is 21.4 Å². The number of rotatable bonds is 4. The summed E-state index contributed by atoms with van der Waals surface area (Å²) in [6, 6.07) is 23.7. The largest absolute Gasteiger partial charge is 0.494 e. The molecule has 1 saturated heterocycles. The Hall–Kier alpha value is -2.68. The SMILES string of the molecule is Brc1cccc2c1COC2.C.C.CC1(C)OB(c2ccc(N)c(P(C)(C)=O)c2)OC1(C)C.CP(C)(=O)c1cc(-c2cccc3c2COC3)ccc1N. The van der Waals surface area contributed by atoms with E-state index in [1.807, 2.05) is 76.2 Å². The first-order chi connectivity index (χ1) is 23.3. The van der Waals surface area contributed by atoms with Crippen molar-refractivity contribution in [3.63, 3.8) is 0 Å². The number of anilines is 2. The molecule has 8 nitrogen and oxygen atoms in total. The molecule has 4 aromatic rings. The summed E-state index contributed by atoms with van der Waals surface area (Å²) in [5, 5.41) is 1.44. The maximum absolute atomic E-state index is 12.3. The molecule has 0 radical (unpaired) electrons. The Bertz CT molecular complexity index is 1980. The smallest absolute Gasteiger partial charge is 0.399 e. The second kappa shape index (κ2) is 16.8. The van der Waals surface area contributed by atoms with Gasteiger partial charge in [0.05, 0.1) is 37.6 Å². The first kappa shape index (κ1) is 43.7. The van der Waals surface area contributed by atoms with Crippen LogP contribution < -0.4 is 27.5 Å². The number of fused-ring (bicyclic) bond motifs is 2. The van der Waals surface area contributed by atoms with Crippen LogP contribution in [0, 0.1) is 0 Å². The minimum atomic E-state index is -2.42. The van der Waals surface area contributed by atoms with E-state index in [0.717, 1.165) is 35.1 Å². The molecule has 0 atom stereocenters. The highest BCUT2D eigenvalue weighted by molar-refractivity contribution is 9.10. The number of halogens is 1. The Balaban J connectivity index is 0.000000217. The highest BCUT2D eigenvalue weighted by Gasteiger charge is 2.51. The lowest BCUT2D eigenvalue weighted by Gasteiger charge is -2.32. The molecule has 3 aliphatic heterocycles. The van der Waals surface area contributed by atoms with Crippen LogP contribution in [0.25, 0.3) is 11.1 Å². The molecule has 282 valence electrons. The second-order valence-corrected chi connectivity index (χ2v) is 21.9. The van der Waals surface area contributed by atoms with E-state index in [9.17, 15) is 9.13 Å². The van der Waals surface area contributed by atoms with Crippen molar-refractivity contribution in [3.8, 4) is 11.1 Å². The fourth-order valence-electron chi connectivity index (χ4n) is 5.97. The van der Waals surface area contributed by atoms with Crippen molar-refractivity contribution in [2.45, 2.75) is 80.2 Å². The van der Waals surface area contributed by atoms with E-state index in [1.165, 1.54) is 26.7 Å². The molecule has 0 saturated carbocycles. The average molecular weight is 814 g/mol. The lowest BCUT2D eigenvalue weighted by Crippen LogP contribution is -2.41. The number of hydrogen-bond donors (Lipinski definition) is 2. The quantitative estimate of drug-likeness (QED) is 0.119. The molecule has 0 bridgehead atoms. The summed E-state index contributed by atoms with van der Waals surface area (Å²) in [5.41, 5.74) is 20.4. The monoisotopic (exact) mass is 812 g/mol. The molecular weight excluding hydrogens is 757 g/mol. The van der Waals surface area contributed by atoms with Crippen molar-refractivity contribution < 1.29 is 27.9 Å². The van der Waals surface area contributed by atoms with Crippen molar-refractivity contribution in [1.29, 1.82) is 0 Å². The summed E-state index contributed by atoms with van der Waals surface area (Å²) in [4.78, 5) is 0. The summed E-state index contributed by atoms with van der Waals surface area (Å²) < 4.78 is 48.6. The van der Waals surface area contributed by atoms with Crippen molar-refractivity contribution in [3.05, 3.63) is 99.5 Å². The van der Waals surface area contributed by atoms with Crippen LogP contribution in [-0.2, 0) is 54.3 Å². The minimum absolute atomic E-state index is 0. The van der Waals surface area contributed by atoms with Crippen molar-refractivity contribution >= 4 is 64.8 Å². The van der Waals surface area contributed by atoms with Crippen LogP contribution in [0.3, 0.4) is 0 Å². The third-order valence-corrected chi connectivity index (χ3v) is 13.4. The predicted molar refractivity (Wildman–Crippen MR) is 226 cm³/mol. The van der Waals surface area contributed by atoms with Gasteiger partial charge < -0.3 is 39.4 Å². The van der Waals surface area contributed by atoms with Gasteiger partial charge in [-0.3, -0.25) is 0 Å². The molecule has 3 aliphatic rings. The standard InChI is InChI=1S/C16H18NO2P.C14H23BNO3P.C8H7BrO.2CH4/c1-20(2,18)16-8-11(6-7-15(16)17)13-5-3-4-12-9-19-10-14(12)13;1-13(2)14(3,4)19-15(18-13)10-7-8-11(16)12(9-10)20(5,6)17;9-8-3-1-2-6-4-10-5-7(6)8;;/h3-8H,9-10,17H2,1-2H3;7-9H,16H2,1-6H3;1-3H,4-5H2;2*1H4. The Morgan fingerprint density at radius 1 is 0.654 bits per heavy atom. The van der Waals surface area contributed by atoms with Crippen molar-refractivity contribution in [1.82, 2.24) is 0 Å².